The first kappa shape index (κ1) is 19.7. The SMILES string of the molecule is Cc1cc(-c2cccc3nc(NC(=O)C4CC4)nn23)sc1CN1CCS(=O)(=O)CC1. The minimum absolute atomic E-state index is 0.00902. The minimum atomic E-state index is -2.87. The zero-order chi connectivity index (χ0) is 20.9. The summed E-state index contributed by atoms with van der Waals surface area (Å²) in [7, 11) is -2.87. The molecule has 0 atom stereocenters. The molecule has 3 aromatic rings. The average molecular weight is 446 g/mol. The molecule has 10 heteroatoms. The molecule has 1 aliphatic carbocycles. The normalized spacial score (nSPS) is 19.2. The highest BCUT2D eigenvalue weighted by molar-refractivity contribution is 7.91. The van der Waals surface area contributed by atoms with E-state index in [2.05, 4.69) is 33.3 Å². The number of nitrogens with zero attached hydrogens (tertiary/aromatic N) is 4. The van der Waals surface area contributed by atoms with Gasteiger partial charge in [-0.05, 0) is 43.5 Å². The molecule has 2 aliphatic rings. The molecule has 2 fully saturated rings. The minimum Gasteiger partial charge on any atom is -0.296 e. The maximum atomic E-state index is 12.0. The maximum Gasteiger partial charge on any atom is 0.249 e. The van der Waals surface area contributed by atoms with E-state index < -0.39 is 9.84 Å². The Hall–Kier alpha value is -2.30. The van der Waals surface area contributed by atoms with Gasteiger partial charge in [-0.25, -0.2) is 12.9 Å². The smallest absolute Gasteiger partial charge is 0.249 e. The average Bonchev–Trinajstić information content (AvgIpc) is 3.39. The van der Waals surface area contributed by atoms with Gasteiger partial charge in [0, 0.05) is 30.4 Å². The molecule has 5 rings (SSSR count). The third-order valence-electron chi connectivity index (χ3n) is 5.62. The lowest BCUT2D eigenvalue weighted by Crippen LogP contribution is -2.39. The van der Waals surface area contributed by atoms with Gasteiger partial charge < -0.3 is 0 Å². The lowest BCUT2D eigenvalue weighted by atomic mass is 10.2. The molecule has 0 radical (unpaired) electrons. The number of rotatable bonds is 5. The Balaban J connectivity index is 1.39. The van der Waals surface area contributed by atoms with Crippen LogP contribution in [0.2, 0.25) is 0 Å². The van der Waals surface area contributed by atoms with Crippen LogP contribution in [0.3, 0.4) is 0 Å². The van der Waals surface area contributed by atoms with E-state index in [1.807, 2.05) is 18.2 Å². The number of fused-ring (bicyclic) bond motifs is 1. The number of amides is 1. The predicted octanol–water partition coefficient (Wildman–Crippen LogP) is 2.35. The summed E-state index contributed by atoms with van der Waals surface area (Å²) in [6.45, 7) is 4.00. The summed E-state index contributed by atoms with van der Waals surface area (Å²) in [5.41, 5.74) is 2.79. The van der Waals surface area contributed by atoms with Gasteiger partial charge in [-0.2, -0.15) is 4.98 Å². The van der Waals surface area contributed by atoms with Gasteiger partial charge in [0.15, 0.2) is 15.5 Å². The zero-order valence-electron chi connectivity index (χ0n) is 16.7. The van der Waals surface area contributed by atoms with Crippen LogP contribution in [0.1, 0.15) is 23.3 Å². The first-order valence-corrected chi connectivity index (χ1v) is 12.7. The third-order valence-corrected chi connectivity index (χ3v) is 8.47. The van der Waals surface area contributed by atoms with Gasteiger partial charge in [-0.15, -0.1) is 16.4 Å². The molecule has 1 N–H and O–H groups in total. The summed E-state index contributed by atoms with van der Waals surface area (Å²) in [5, 5.41) is 7.33. The van der Waals surface area contributed by atoms with Crippen LogP contribution in [0.15, 0.2) is 24.3 Å². The fourth-order valence-corrected chi connectivity index (χ4v) is 6.12. The molecule has 0 aromatic carbocycles. The van der Waals surface area contributed by atoms with Crippen LogP contribution < -0.4 is 5.32 Å². The van der Waals surface area contributed by atoms with Crippen molar-refractivity contribution in [1.29, 1.82) is 0 Å². The Morgan fingerprint density at radius 1 is 1.27 bits per heavy atom. The summed E-state index contributed by atoms with van der Waals surface area (Å²) < 4.78 is 25.1. The van der Waals surface area contributed by atoms with Crippen LogP contribution in [-0.2, 0) is 21.2 Å². The maximum absolute atomic E-state index is 12.0. The highest BCUT2D eigenvalue weighted by Gasteiger charge is 2.30. The fourth-order valence-electron chi connectivity index (χ4n) is 3.62. The van der Waals surface area contributed by atoms with Crippen LogP contribution in [0.4, 0.5) is 5.95 Å². The number of hydrogen-bond donors (Lipinski definition) is 1. The number of aromatic nitrogens is 3. The number of aryl methyl sites for hydroxylation is 1. The van der Waals surface area contributed by atoms with Crippen LogP contribution in [0.25, 0.3) is 16.2 Å². The lowest BCUT2D eigenvalue weighted by molar-refractivity contribution is -0.117. The first-order chi connectivity index (χ1) is 14.4. The molecule has 3 aromatic heterocycles. The van der Waals surface area contributed by atoms with E-state index in [-0.39, 0.29) is 23.3 Å². The van der Waals surface area contributed by atoms with Gasteiger partial charge >= 0.3 is 0 Å². The molecule has 8 nitrogen and oxygen atoms in total. The van der Waals surface area contributed by atoms with E-state index in [4.69, 9.17) is 0 Å². The van der Waals surface area contributed by atoms with Crippen molar-refractivity contribution in [1.82, 2.24) is 19.5 Å². The van der Waals surface area contributed by atoms with Crippen LogP contribution in [0.5, 0.6) is 0 Å². The van der Waals surface area contributed by atoms with E-state index in [1.165, 1.54) is 10.4 Å². The summed E-state index contributed by atoms with van der Waals surface area (Å²) in [6.07, 6.45) is 1.87. The molecule has 30 heavy (non-hydrogen) atoms. The van der Waals surface area contributed by atoms with Gasteiger partial charge in [0.25, 0.3) is 0 Å². The van der Waals surface area contributed by atoms with Crippen molar-refractivity contribution in [3.63, 3.8) is 0 Å². The molecule has 1 amide bonds. The van der Waals surface area contributed by atoms with Crippen LogP contribution in [-0.4, -0.2) is 58.4 Å². The number of pyridine rings is 1. The van der Waals surface area contributed by atoms with Crippen molar-refractivity contribution < 1.29 is 13.2 Å². The van der Waals surface area contributed by atoms with Gasteiger partial charge in [0.1, 0.15) is 0 Å². The molecule has 0 spiro atoms. The number of sulfone groups is 1. The van der Waals surface area contributed by atoms with E-state index >= 15 is 0 Å². The Kier molecular flexibility index (Phi) is 4.87. The molecule has 0 unspecified atom stereocenters. The Morgan fingerprint density at radius 2 is 2.03 bits per heavy atom. The summed E-state index contributed by atoms with van der Waals surface area (Å²) >= 11 is 1.69. The van der Waals surface area contributed by atoms with Crippen molar-refractivity contribution in [2.24, 2.45) is 5.92 Å². The Morgan fingerprint density at radius 3 is 2.77 bits per heavy atom. The lowest BCUT2D eigenvalue weighted by Gasteiger charge is -2.26. The van der Waals surface area contributed by atoms with Crippen molar-refractivity contribution in [3.05, 3.63) is 34.7 Å². The van der Waals surface area contributed by atoms with Crippen molar-refractivity contribution in [2.75, 3.05) is 29.9 Å². The topological polar surface area (TPSA) is 96.7 Å². The highest BCUT2D eigenvalue weighted by atomic mass is 32.2. The quantitative estimate of drug-likeness (QED) is 0.648. The molecule has 158 valence electrons. The van der Waals surface area contributed by atoms with E-state index in [9.17, 15) is 13.2 Å². The highest BCUT2D eigenvalue weighted by Crippen LogP contribution is 2.33. The first-order valence-electron chi connectivity index (χ1n) is 10.1. The Labute approximate surface area is 178 Å². The summed E-state index contributed by atoms with van der Waals surface area (Å²) in [5.74, 6) is 0.895. The predicted molar refractivity (Wildman–Crippen MR) is 116 cm³/mol. The number of carbonyl (C=O) groups excluding carboxylic acids is 1. The number of thiophene rings is 1. The van der Waals surface area contributed by atoms with E-state index in [0.717, 1.165) is 30.0 Å². The number of anilines is 1. The van der Waals surface area contributed by atoms with Crippen molar-refractivity contribution in [2.45, 2.75) is 26.3 Å². The standard InChI is InChI=1S/C20H23N5O3S2/c1-13-11-16(29-17(13)12-24-7-9-30(27,28)10-8-24)15-3-2-4-18-21-20(23-25(15)18)22-19(26)14-5-6-14/h2-4,11,14H,5-10,12H2,1H3,(H,22,23,26). The van der Waals surface area contributed by atoms with Gasteiger partial charge in [0.2, 0.25) is 11.9 Å². The van der Waals surface area contributed by atoms with E-state index in [0.29, 0.717) is 24.7 Å². The summed E-state index contributed by atoms with van der Waals surface area (Å²) in [4.78, 5) is 21.0. The van der Waals surface area contributed by atoms with Crippen molar-refractivity contribution >= 4 is 38.7 Å². The second kappa shape index (κ2) is 7.44. The number of nitrogens with one attached hydrogen (secondary N) is 1. The van der Waals surface area contributed by atoms with Gasteiger partial charge in [-0.3, -0.25) is 15.0 Å². The number of carbonyl (C=O) groups is 1. The second-order valence-electron chi connectivity index (χ2n) is 8.02. The molecule has 1 saturated heterocycles. The largest absolute Gasteiger partial charge is 0.296 e. The second-order valence-corrected chi connectivity index (χ2v) is 11.5. The third kappa shape index (κ3) is 3.99. The molecule has 1 saturated carbocycles. The molecular formula is C20H23N5O3S2. The number of hydrogen-bond acceptors (Lipinski definition) is 7. The monoisotopic (exact) mass is 445 g/mol. The molecule has 1 aliphatic heterocycles. The fraction of sp³-hybridized carbons (Fsp3) is 0.450. The Bertz CT molecular complexity index is 1210. The zero-order valence-corrected chi connectivity index (χ0v) is 18.3. The van der Waals surface area contributed by atoms with Crippen LogP contribution in [0, 0.1) is 12.8 Å². The van der Waals surface area contributed by atoms with Gasteiger partial charge in [-0.1, -0.05) is 6.07 Å². The summed E-state index contributed by atoms with van der Waals surface area (Å²) in [6, 6.07) is 7.95. The van der Waals surface area contributed by atoms with Gasteiger partial charge in [0.05, 0.1) is 22.1 Å². The van der Waals surface area contributed by atoms with Crippen LogP contribution >= 0.6 is 11.3 Å². The molecule has 0 bridgehead atoms. The van der Waals surface area contributed by atoms with E-state index in [1.54, 1.807) is 15.9 Å². The molecule has 4 heterocycles. The van der Waals surface area contributed by atoms with Crippen molar-refractivity contribution in [3.8, 4) is 10.6 Å². The molecular weight excluding hydrogens is 422 g/mol.